The van der Waals surface area contributed by atoms with Crippen LogP contribution in [0.15, 0.2) is 244 Å². The summed E-state index contributed by atoms with van der Waals surface area (Å²) in [5.41, 5.74) is 12.6. The minimum atomic E-state index is 0.983. The molecule has 0 radical (unpaired) electrons. The van der Waals surface area contributed by atoms with Crippen molar-refractivity contribution >= 4 is 22.6 Å². The highest BCUT2D eigenvalue weighted by atomic mass is 15.0. The number of rotatable bonds is 4. The monoisotopic (exact) mass is 776 g/mol. The molecule has 0 aliphatic rings. The minimum absolute atomic E-state index is 0.983. The maximum atomic E-state index is 4.55. The zero-order valence-corrected chi connectivity index (χ0v) is 32.7. The van der Waals surface area contributed by atoms with Gasteiger partial charge in [-0.2, -0.15) is 0 Å². The molecule has 12 aromatic rings. The van der Waals surface area contributed by atoms with Crippen LogP contribution >= 0.6 is 0 Å². The number of imidazole rings is 4. The zero-order chi connectivity index (χ0) is 40.4. The van der Waals surface area contributed by atoms with Gasteiger partial charge in [0.05, 0.1) is 22.8 Å². The van der Waals surface area contributed by atoms with E-state index in [-0.39, 0.29) is 0 Å². The van der Waals surface area contributed by atoms with Crippen molar-refractivity contribution in [3.63, 3.8) is 0 Å². The highest BCUT2D eigenvalue weighted by Gasteiger charge is 2.05. The van der Waals surface area contributed by atoms with E-state index in [2.05, 4.69) is 68.5 Å². The second-order valence-electron chi connectivity index (χ2n) is 13.8. The summed E-state index contributed by atoms with van der Waals surface area (Å²) in [6, 6.07) is 64.9. The molecule has 0 aliphatic carbocycles. The fourth-order valence-corrected chi connectivity index (χ4v) is 6.73. The van der Waals surface area contributed by atoms with Gasteiger partial charge >= 0.3 is 0 Å². The van der Waals surface area contributed by atoms with Gasteiger partial charge in [-0.25, -0.2) is 19.9 Å². The fourth-order valence-electron chi connectivity index (χ4n) is 6.73. The average Bonchev–Trinajstić information content (AvgIpc) is 4.15. The Kier molecular flexibility index (Phi) is 11.1. The highest BCUT2D eigenvalue weighted by Crippen LogP contribution is 2.21. The number of pyridine rings is 4. The van der Waals surface area contributed by atoms with Gasteiger partial charge in [-0.3, -0.25) is 0 Å². The van der Waals surface area contributed by atoms with E-state index in [1.54, 1.807) is 0 Å². The van der Waals surface area contributed by atoms with Crippen LogP contribution in [0.3, 0.4) is 0 Å². The van der Waals surface area contributed by atoms with Crippen LogP contribution in [0.1, 0.15) is 0 Å². The number of benzene rings is 4. The summed E-state index contributed by atoms with van der Waals surface area (Å²) in [4.78, 5) is 18.2. The van der Waals surface area contributed by atoms with Gasteiger partial charge in [0.1, 0.15) is 22.6 Å². The first-order valence-corrected chi connectivity index (χ1v) is 19.7. The Morgan fingerprint density at radius 3 is 0.617 bits per heavy atom. The van der Waals surface area contributed by atoms with Crippen LogP contribution in [0.5, 0.6) is 0 Å². The van der Waals surface area contributed by atoms with Crippen molar-refractivity contribution in [1.82, 2.24) is 37.5 Å². The molecule has 0 bridgehead atoms. The maximum absolute atomic E-state index is 4.55. The van der Waals surface area contributed by atoms with Gasteiger partial charge in [-0.05, 0) is 48.5 Å². The molecule has 0 saturated carbocycles. The lowest BCUT2D eigenvalue weighted by Crippen LogP contribution is -1.77. The lowest BCUT2D eigenvalue weighted by molar-refractivity contribution is 1.19. The third-order valence-electron chi connectivity index (χ3n) is 9.73. The van der Waals surface area contributed by atoms with Crippen molar-refractivity contribution in [3.05, 3.63) is 244 Å². The Hall–Kier alpha value is -8.36. The molecule has 0 aliphatic heterocycles. The quantitative estimate of drug-likeness (QED) is 0.178. The topological polar surface area (TPSA) is 69.2 Å². The molecular formula is C52H40N8. The molecule has 288 valence electrons. The second-order valence-corrected chi connectivity index (χ2v) is 13.8. The molecule has 0 atom stereocenters. The smallest absolute Gasteiger partial charge is 0.137 e. The number of hydrogen-bond acceptors (Lipinski definition) is 4. The summed E-state index contributed by atoms with van der Waals surface area (Å²) in [5, 5.41) is 0. The van der Waals surface area contributed by atoms with Crippen molar-refractivity contribution in [3.8, 4) is 45.0 Å². The Morgan fingerprint density at radius 1 is 0.217 bits per heavy atom. The summed E-state index contributed by atoms with van der Waals surface area (Å²) in [6.07, 6.45) is 16.2. The summed E-state index contributed by atoms with van der Waals surface area (Å²) < 4.78 is 8.12. The van der Waals surface area contributed by atoms with Crippen LogP contribution in [0.25, 0.3) is 67.6 Å². The molecule has 8 heterocycles. The fraction of sp³-hybridized carbons (Fsp3) is 0. The number of aromatic nitrogens is 8. The molecule has 0 amide bonds. The van der Waals surface area contributed by atoms with E-state index in [0.29, 0.717) is 0 Å². The molecule has 8 nitrogen and oxygen atoms in total. The van der Waals surface area contributed by atoms with E-state index in [0.717, 1.165) is 67.6 Å². The van der Waals surface area contributed by atoms with Gasteiger partial charge in [0, 0.05) is 71.8 Å². The van der Waals surface area contributed by atoms with Crippen LogP contribution in [0.2, 0.25) is 0 Å². The second kappa shape index (κ2) is 17.8. The Morgan fingerprint density at radius 2 is 0.417 bits per heavy atom. The van der Waals surface area contributed by atoms with Crippen molar-refractivity contribution in [2.75, 3.05) is 0 Å². The van der Waals surface area contributed by atoms with Gasteiger partial charge in [-0.15, -0.1) is 0 Å². The van der Waals surface area contributed by atoms with Crippen LogP contribution in [-0.4, -0.2) is 37.5 Å². The summed E-state index contributed by atoms with van der Waals surface area (Å²) in [7, 11) is 0. The van der Waals surface area contributed by atoms with Crippen molar-refractivity contribution in [2.24, 2.45) is 0 Å². The zero-order valence-electron chi connectivity index (χ0n) is 32.7. The number of hydrogen-bond donors (Lipinski definition) is 0. The van der Waals surface area contributed by atoms with Crippen molar-refractivity contribution < 1.29 is 0 Å². The molecule has 12 rings (SSSR count). The van der Waals surface area contributed by atoms with E-state index in [1.165, 1.54) is 0 Å². The predicted molar refractivity (Wildman–Crippen MR) is 243 cm³/mol. The largest absolute Gasteiger partial charge is 0.306 e. The Balaban J connectivity index is 0.000000103. The third kappa shape index (κ3) is 8.78. The third-order valence-corrected chi connectivity index (χ3v) is 9.73. The first-order chi connectivity index (χ1) is 29.7. The molecule has 8 heteroatoms. The van der Waals surface area contributed by atoms with Gasteiger partial charge < -0.3 is 17.6 Å². The van der Waals surface area contributed by atoms with Gasteiger partial charge in [-0.1, -0.05) is 146 Å². The van der Waals surface area contributed by atoms with Crippen LogP contribution < -0.4 is 0 Å². The molecule has 0 fully saturated rings. The predicted octanol–water partition coefficient (Wildman–Crippen LogP) is 12.0. The summed E-state index contributed by atoms with van der Waals surface area (Å²) in [6.45, 7) is 0. The first-order valence-electron chi connectivity index (χ1n) is 19.7. The Bertz CT molecular complexity index is 2630. The SMILES string of the molecule is c1ccc(-c2cn3ccccc3n2)cc1.c1ccc(-c2cn3ccccc3n2)cc1.c1ccc(-c2cn3ccccc3n2)cc1.c1ccc(-c2cn3ccccc3n2)cc1. The average molecular weight is 777 g/mol. The molecular weight excluding hydrogens is 737 g/mol. The van der Waals surface area contributed by atoms with Crippen molar-refractivity contribution in [1.29, 1.82) is 0 Å². The van der Waals surface area contributed by atoms with Crippen LogP contribution in [0.4, 0.5) is 0 Å². The molecule has 0 spiro atoms. The molecule has 8 aromatic heterocycles. The highest BCUT2D eigenvalue weighted by molar-refractivity contribution is 5.65. The number of nitrogens with zero attached hydrogens (tertiary/aromatic N) is 8. The van der Waals surface area contributed by atoms with E-state index >= 15 is 0 Å². The summed E-state index contributed by atoms with van der Waals surface area (Å²) >= 11 is 0. The van der Waals surface area contributed by atoms with Gasteiger partial charge in [0.15, 0.2) is 0 Å². The summed E-state index contributed by atoms with van der Waals surface area (Å²) in [5.74, 6) is 0. The van der Waals surface area contributed by atoms with E-state index in [1.807, 2.05) is 213 Å². The molecule has 0 unspecified atom stereocenters. The molecule has 60 heavy (non-hydrogen) atoms. The van der Waals surface area contributed by atoms with E-state index < -0.39 is 0 Å². The molecule has 0 N–H and O–H groups in total. The minimum Gasteiger partial charge on any atom is -0.306 e. The van der Waals surface area contributed by atoms with E-state index in [9.17, 15) is 0 Å². The Labute approximate surface area is 347 Å². The maximum Gasteiger partial charge on any atom is 0.137 e. The van der Waals surface area contributed by atoms with Crippen LogP contribution in [0, 0.1) is 0 Å². The normalized spacial score (nSPS) is 10.7. The molecule has 0 saturated heterocycles. The van der Waals surface area contributed by atoms with Gasteiger partial charge in [0.25, 0.3) is 0 Å². The van der Waals surface area contributed by atoms with Crippen LogP contribution in [-0.2, 0) is 0 Å². The van der Waals surface area contributed by atoms with Crippen molar-refractivity contribution in [2.45, 2.75) is 0 Å². The standard InChI is InChI=1S/4C13H10N2/c4*1-2-6-11(7-3-1)12-10-15-9-5-4-8-13(15)14-12/h4*1-10H. The lowest BCUT2D eigenvalue weighted by atomic mass is 10.2. The molecule has 4 aromatic carbocycles. The number of fused-ring (bicyclic) bond motifs is 4. The lowest BCUT2D eigenvalue weighted by Gasteiger charge is -1.92. The first kappa shape index (κ1) is 37.2. The van der Waals surface area contributed by atoms with E-state index in [4.69, 9.17) is 0 Å². The van der Waals surface area contributed by atoms with Gasteiger partial charge in [0.2, 0.25) is 0 Å².